The van der Waals surface area contributed by atoms with Gasteiger partial charge in [0.05, 0.1) is 19.5 Å². The summed E-state index contributed by atoms with van der Waals surface area (Å²) in [5.74, 6) is 0.00867. The van der Waals surface area contributed by atoms with Crippen LogP contribution in [0.1, 0.15) is 15.3 Å². The lowest BCUT2D eigenvalue weighted by Crippen LogP contribution is -2.30. The van der Waals surface area contributed by atoms with Gasteiger partial charge in [0.2, 0.25) is 5.91 Å². The summed E-state index contributed by atoms with van der Waals surface area (Å²) in [5.41, 5.74) is 0.649. The van der Waals surface area contributed by atoms with Gasteiger partial charge in [-0.25, -0.2) is 0 Å². The van der Waals surface area contributed by atoms with Crippen LogP contribution in [0, 0.1) is 0 Å². The molecule has 0 bridgehead atoms. The summed E-state index contributed by atoms with van der Waals surface area (Å²) in [6.07, 6.45) is 0.136. The minimum atomic E-state index is -2.88. The lowest BCUT2D eigenvalue weighted by atomic mass is 10.1. The maximum atomic E-state index is 12.8. The summed E-state index contributed by atoms with van der Waals surface area (Å²) in [6, 6.07) is 14.2. The fourth-order valence-corrected chi connectivity index (χ4v) is 3.97. The van der Waals surface area contributed by atoms with Gasteiger partial charge in [-0.2, -0.15) is 8.78 Å². The molecule has 0 fully saturated rings. The molecule has 0 aliphatic carbocycles. The van der Waals surface area contributed by atoms with Crippen LogP contribution in [0.25, 0.3) is 0 Å². The Bertz CT molecular complexity index is 784. The normalized spacial score (nSPS) is 10.9. The van der Waals surface area contributed by atoms with E-state index in [9.17, 15) is 13.6 Å². The van der Waals surface area contributed by atoms with E-state index >= 15 is 0 Å². The molecule has 0 aliphatic rings. The van der Waals surface area contributed by atoms with Gasteiger partial charge in [-0.05, 0) is 40.6 Å². The first-order valence-corrected chi connectivity index (χ1v) is 9.72. The zero-order chi connectivity index (χ0) is 18.4. The highest BCUT2D eigenvalue weighted by Gasteiger charge is 2.17. The van der Waals surface area contributed by atoms with Crippen molar-refractivity contribution in [3.63, 3.8) is 0 Å². The quantitative estimate of drug-likeness (QED) is 0.528. The Kier molecular flexibility index (Phi) is 6.35. The van der Waals surface area contributed by atoms with Gasteiger partial charge in [-0.15, -0.1) is 22.7 Å². The summed E-state index contributed by atoms with van der Waals surface area (Å²) in [6.45, 7) is -1.82. The van der Waals surface area contributed by atoms with Crippen molar-refractivity contribution >= 4 is 28.6 Å². The van der Waals surface area contributed by atoms with Crippen LogP contribution < -0.4 is 4.74 Å². The van der Waals surface area contributed by atoms with E-state index in [2.05, 4.69) is 4.74 Å². The molecular weight excluding hydrogens is 376 g/mol. The van der Waals surface area contributed by atoms with E-state index in [0.29, 0.717) is 18.7 Å². The van der Waals surface area contributed by atoms with Gasteiger partial charge in [0.25, 0.3) is 0 Å². The SMILES string of the molecule is O=C(Cc1cccc(OC(F)F)c1)N(Cc1cccs1)Cc1cccs1. The average molecular weight is 393 g/mol. The topological polar surface area (TPSA) is 29.5 Å². The Labute approximate surface area is 158 Å². The number of hydrogen-bond acceptors (Lipinski definition) is 4. The first-order chi connectivity index (χ1) is 12.6. The molecule has 0 spiro atoms. The Hall–Kier alpha value is -2.25. The number of carbonyl (C=O) groups excluding carboxylic acids is 1. The van der Waals surface area contributed by atoms with E-state index in [1.54, 1.807) is 39.7 Å². The van der Waals surface area contributed by atoms with Gasteiger partial charge in [0.15, 0.2) is 0 Å². The number of rotatable bonds is 8. The van der Waals surface area contributed by atoms with Crippen LogP contribution in [0.15, 0.2) is 59.3 Å². The van der Waals surface area contributed by atoms with Crippen molar-refractivity contribution in [1.29, 1.82) is 0 Å². The number of thiophene rings is 2. The first kappa shape index (κ1) is 18.5. The number of nitrogens with zero attached hydrogens (tertiary/aromatic N) is 1. The van der Waals surface area contributed by atoms with Crippen molar-refractivity contribution in [2.45, 2.75) is 26.1 Å². The highest BCUT2D eigenvalue weighted by atomic mass is 32.1. The van der Waals surface area contributed by atoms with Gasteiger partial charge in [-0.3, -0.25) is 4.79 Å². The second kappa shape index (κ2) is 8.91. The predicted octanol–water partition coefficient (Wildman–Crippen LogP) is 5.18. The third kappa shape index (κ3) is 5.37. The van der Waals surface area contributed by atoms with E-state index in [-0.39, 0.29) is 18.1 Å². The minimum Gasteiger partial charge on any atom is -0.435 e. The van der Waals surface area contributed by atoms with Crippen LogP contribution in [-0.2, 0) is 24.3 Å². The van der Waals surface area contributed by atoms with E-state index in [4.69, 9.17) is 0 Å². The van der Waals surface area contributed by atoms with Gasteiger partial charge >= 0.3 is 6.61 Å². The third-order valence-electron chi connectivity index (χ3n) is 3.69. The second-order valence-electron chi connectivity index (χ2n) is 5.61. The molecule has 2 aromatic heterocycles. The molecule has 7 heteroatoms. The maximum Gasteiger partial charge on any atom is 0.387 e. The summed E-state index contributed by atoms with van der Waals surface area (Å²) >= 11 is 3.21. The number of hydrogen-bond donors (Lipinski definition) is 0. The van der Waals surface area contributed by atoms with Crippen LogP contribution in [0.3, 0.4) is 0 Å². The molecule has 3 nitrogen and oxygen atoms in total. The summed E-state index contributed by atoms with van der Waals surface area (Å²) < 4.78 is 29.2. The molecule has 0 aliphatic heterocycles. The molecule has 1 amide bonds. The molecule has 1 aromatic carbocycles. The standard InChI is InChI=1S/C19H17F2NO2S2/c20-19(21)24-15-5-1-4-14(10-15)11-18(23)22(12-16-6-2-8-25-16)13-17-7-3-9-26-17/h1-10,19H,11-13H2. The van der Waals surface area contributed by atoms with Gasteiger partial charge < -0.3 is 9.64 Å². The van der Waals surface area contributed by atoms with Gasteiger partial charge in [-0.1, -0.05) is 24.3 Å². The Morgan fingerprint density at radius 1 is 1.00 bits per heavy atom. The molecule has 3 aromatic rings. The molecule has 0 N–H and O–H groups in total. The zero-order valence-electron chi connectivity index (χ0n) is 13.8. The molecule has 26 heavy (non-hydrogen) atoms. The van der Waals surface area contributed by atoms with Crippen molar-refractivity contribution in [3.05, 3.63) is 74.6 Å². The van der Waals surface area contributed by atoms with Crippen LogP contribution in [-0.4, -0.2) is 17.4 Å². The van der Waals surface area contributed by atoms with Crippen LogP contribution in [0.2, 0.25) is 0 Å². The fraction of sp³-hybridized carbons (Fsp3) is 0.211. The molecule has 2 heterocycles. The maximum absolute atomic E-state index is 12.8. The fourth-order valence-electron chi connectivity index (χ4n) is 2.53. The van der Waals surface area contributed by atoms with E-state index < -0.39 is 6.61 Å². The molecule has 0 atom stereocenters. The zero-order valence-corrected chi connectivity index (χ0v) is 15.4. The largest absolute Gasteiger partial charge is 0.435 e. The summed E-state index contributed by atoms with van der Waals surface area (Å²) in [7, 11) is 0. The molecule has 136 valence electrons. The van der Waals surface area contributed by atoms with Crippen LogP contribution >= 0.6 is 22.7 Å². The number of alkyl halides is 2. The van der Waals surface area contributed by atoms with E-state index in [1.807, 2.05) is 35.0 Å². The second-order valence-corrected chi connectivity index (χ2v) is 7.68. The van der Waals surface area contributed by atoms with Crippen LogP contribution in [0.5, 0.6) is 5.75 Å². The lowest BCUT2D eigenvalue weighted by molar-refractivity contribution is -0.131. The molecule has 0 radical (unpaired) electrons. The van der Waals surface area contributed by atoms with Crippen molar-refractivity contribution in [1.82, 2.24) is 4.90 Å². The number of ether oxygens (including phenoxy) is 1. The Morgan fingerprint density at radius 3 is 2.19 bits per heavy atom. The smallest absolute Gasteiger partial charge is 0.387 e. The van der Waals surface area contributed by atoms with E-state index in [0.717, 1.165) is 9.75 Å². The summed E-state index contributed by atoms with van der Waals surface area (Å²) in [4.78, 5) is 16.8. The Morgan fingerprint density at radius 2 is 1.65 bits per heavy atom. The Balaban J connectivity index is 1.72. The summed E-state index contributed by atoms with van der Waals surface area (Å²) in [5, 5.41) is 3.96. The predicted molar refractivity (Wildman–Crippen MR) is 99.7 cm³/mol. The van der Waals surface area contributed by atoms with Crippen molar-refractivity contribution in [2.24, 2.45) is 0 Å². The highest BCUT2D eigenvalue weighted by Crippen LogP contribution is 2.20. The monoisotopic (exact) mass is 393 g/mol. The highest BCUT2D eigenvalue weighted by molar-refractivity contribution is 7.10. The molecule has 0 unspecified atom stereocenters. The van der Waals surface area contributed by atoms with Crippen LogP contribution in [0.4, 0.5) is 8.78 Å². The van der Waals surface area contributed by atoms with Crippen molar-refractivity contribution in [3.8, 4) is 5.75 Å². The third-order valence-corrected chi connectivity index (χ3v) is 5.41. The van der Waals surface area contributed by atoms with Crippen molar-refractivity contribution in [2.75, 3.05) is 0 Å². The van der Waals surface area contributed by atoms with E-state index in [1.165, 1.54) is 12.1 Å². The van der Waals surface area contributed by atoms with Gasteiger partial charge in [0, 0.05) is 9.75 Å². The lowest BCUT2D eigenvalue weighted by Gasteiger charge is -2.22. The minimum absolute atomic E-state index is 0.0546. The molecular formula is C19H17F2NO2S2. The number of benzene rings is 1. The first-order valence-electron chi connectivity index (χ1n) is 7.96. The van der Waals surface area contributed by atoms with Crippen molar-refractivity contribution < 1.29 is 18.3 Å². The molecule has 0 saturated heterocycles. The number of carbonyl (C=O) groups is 1. The van der Waals surface area contributed by atoms with Gasteiger partial charge in [0.1, 0.15) is 5.75 Å². The number of halogens is 2. The number of amides is 1. The molecule has 0 saturated carbocycles. The molecule has 3 rings (SSSR count). The average Bonchev–Trinajstić information content (AvgIpc) is 3.27.